The van der Waals surface area contributed by atoms with E-state index < -0.39 is 0 Å². The second-order valence-corrected chi connectivity index (χ2v) is 7.25. The number of hydrogen-bond acceptors (Lipinski definition) is 1. The minimum atomic E-state index is 0.105. The molecule has 5 rings (SSSR count). The number of carbonyl (C=O) groups is 1. The van der Waals surface area contributed by atoms with Gasteiger partial charge in [-0.05, 0) is 47.4 Å². The van der Waals surface area contributed by atoms with Crippen molar-refractivity contribution in [3.8, 4) is 0 Å². The Labute approximate surface area is 154 Å². The van der Waals surface area contributed by atoms with Crippen molar-refractivity contribution in [1.82, 2.24) is 0 Å². The molecule has 0 amide bonds. The molecule has 0 atom stereocenters. The van der Waals surface area contributed by atoms with Gasteiger partial charge in [0.1, 0.15) is 0 Å². The molecule has 0 unspecified atom stereocenters. The van der Waals surface area contributed by atoms with Crippen molar-refractivity contribution in [2.24, 2.45) is 5.92 Å². The summed E-state index contributed by atoms with van der Waals surface area (Å²) < 4.78 is 0. The molecular formula is C25H20O. The van der Waals surface area contributed by atoms with Gasteiger partial charge in [0, 0.05) is 11.1 Å². The van der Waals surface area contributed by atoms with Crippen LogP contribution in [0.3, 0.4) is 0 Å². The van der Waals surface area contributed by atoms with E-state index in [1.165, 1.54) is 35.1 Å². The summed E-state index contributed by atoms with van der Waals surface area (Å²) >= 11 is 0. The van der Waals surface area contributed by atoms with Crippen LogP contribution in [0.4, 0.5) is 0 Å². The van der Waals surface area contributed by atoms with Crippen molar-refractivity contribution in [2.45, 2.75) is 19.3 Å². The van der Waals surface area contributed by atoms with Gasteiger partial charge in [0.25, 0.3) is 0 Å². The lowest BCUT2D eigenvalue weighted by Crippen LogP contribution is -2.06. The average Bonchev–Trinajstić information content (AvgIpc) is 3.48. The zero-order chi connectivity index (χ0) is 17.5. The first-order valence-electron chi connectivity index (χ1n) is 9.33. The van der Waals surface area contributed by atoms with Crippen molar-refractivity contribution in [3.63, 3.8) is 0 Å². The highest BCUT2D eigenvalue weighted by Gasteiger charge is 2.34. The molecule has 0 bridgehead atoms. The van der Waals surface area contributed by atoms with E-state index in [0.717, 1.165) is 23.1 Å². The third-order valence-corrected chi connectivity index (χ3v) is 5.54. The third-order valence-electron chi connectivity index (χ3n) is 5.54. The second kappa shape index (κ2) is 6.10. The van der Waals surface area contributed by atoms with Gasteiger partial charge in [0.15, 0.2) is 5.78 Å². The van der Waals surface area contributed by atoms with Gasteiger partial charge >= 0.3 is 0 Å². The van der Waals surface area contributed by atoms with E-state index in [-0.39, 0.29) is 5.78 Å². The lowest BCUT2D eigenvalue weighted by molar-refractivity contribution is 0.103. The number of rotatable bonds is 4. The summed E-state index contributed by atoms with van der Waals surface area (Å²) in [7, 11) is 0. The standard InChI is InChI=1S/C25H20O/c26-25(18-8-2-1-3-9-18)22-13-7-6-12-21(22)24-20-11-5-4-10-19(20)16-23(24)17-14-15-17/h1-13,17H,14-16H2. The fraction of sp³-hybridized carbons (Fsp3) is 0.160. The number of ketones is 1. The molecule has 1 fully saturated rings. The monoisotopic (exact) mass is 336 g/mol. The van der Waals surface area contributed by atoms with Gasteiger partial charge < -0.3 is 0 Å². The lowest BCUT2D eigenvalue weighted by Gasteiger charge is -2.14. The molecule has 126 valence electrons. The number of hydrogen-bond donors (Lipinski definition) is 0. The Kier molecular flexibility index (Phi) is 3.60. The van der Waals surface area contributed by atoms with E-state index in [0.29, 0.717) is 5.92 Å². The first kappa shape index (κ1) is 15.3. The minimum Gasteiger partial charge on any atom is -0.289 e. The molecule has 0 radical (unpaired) electrons. The molecule has 0 aliphatic heterocycles. The van der Waals surface area contributed by atoms with E-state index in [9.17, 15) is 4.79 Å². The first-order valence-corrected chi connectivity index (χ1v) is 9.33. The van der Waals surface area contributed by atoms with Gasteiger partial charge in [-0.3, -0.25) is 4.79 Å². The maximum Gasteiger partial charge on any atom is 0.193 e. The molecule has 0 saturated heterocycles. The van der Waals surface area contributed by atoms with Crippen LogP contribution in [0.2, 0.25) is 0 Å². The molecular weight excluding hydrogens is 316 g/mol. The van der Waals surface area contributed by atoms with Gasteiger partial charge in [0.2, 0.25) is 0 Å². The summed E-state index contributed by atoms with van der Waals surface area (Å²) in [5.74, 6) is 0.797. The molecule has 0 aromatic heterocycles. The Morgan fingerprint density at radius 1 is 0.731 bits per heavy atom. The highest BCUT2D eigenvalue weighted by Crippen LogP contribution is 2.48. The average molecular weight is 336 g/mol. The zero-order valence-corrected chi connectivity index (χ0v) is 14.6. The predicted molar refractivity (Wildman–Crippen MR) is 105 cm³/mol. The summed E-state index contributed by atoms with van der Waals surface area (Å²) in [6.45, 7) is 0. The van der Waals surface area contributed by atoms with Gasteiger partial charge in [-0.15, -0.1) is 0 Å². The molecule has 1 saturated carbocycles. The summed E-state index contributed by atoms with van der Waals surface area (Å²) in [6, 6.07) is 26.4. The highest BCUT2D eigenvalue weighted by molar-refractivity contribution is 6.12. The summed E-state index contributed by atoms with van der Waals surface area (Å²) in [4.78, 5) is 13.2. The molecule has 0 spiro atoms. The van der Waals surface area contributed by atoms with Gasteiger partial charge in [-0.1, -0.05) is 84.4 Å². The number of allylic oxidation sites excluding steroid dienone is 1. The molecule has 2 aliphatic rings. The molecule has 0 N–H and O–H groups in total. The van der Waals surface area contributed by atoms with Crippen molar-refractivity contribution in [3.05, 3.63) is 112 Å². The Hall–Kier alpha value is -2.93. The predicted octanol–water partition coefficient (Wildman–Crippen LogP) is 5.69. The Morgan fingerprint density at radius 2 is 1.38 bits per heavy atom. The van der Waals surface area contributed by atoms with Crippen molar-refractivity contribution < 1.29 is 4.79 Å². The maximum absolute atomic E-state index is 13.2. The Bertz CT molecular complexity index is 1020. The SMILES string of the molecule is O=C(c1ccccc1)c1ccccc1C1=C(C2CC2)Cc2ccccc21. The fourth-order valence-corrected chi connectivity index (χ4v) is 4.13. The topological polar surface area (TPSA) is 17.1 Å². The van der Waals surface area contributed by atoms with E-state index >= 15 is 0 Å². The van der Waals surface area contributed by atoms with Crippen molar-refractivity contribution in [1.29, 1.82) is 0 Å². The zero-order valence-electron chi connectivity index (χ0n) is 14.6. The molecule has 0 heterocycles. The van der Waals surface area contributed by atoms with Crippen LogP contribution < -0.4 is 0 Å². The molecule has 1 heteroatoms. The van der Waals surface area contributed by atoms with Crippen molar-refractivity contribution in [2.75, 3.05) is 0 Å². The quantitative estimate of drug-likeness (QED) is 0.560. The fourth-order valence-electron chi connectivity index (χ4n) is 4.13. The summed E-state index contributed by atoms with van der Waals surface area (Å²) in [5.41, 5.74) is 8.19. The Balaban J connectivity index is 1.69. The largest absolute Gasteiger partial charge is 0.289 e. The molecule has 3 aromatic carbocycles. The Morgan fingerprint density at radius 3 is 2.15 bits per heavy atom. The van der Waals surface area contributed by atoms with Crippen LogP contribution >= 0.6 is 0 Å². The molecule has 2 aliphatic carbocycles. The van der Waals surface area contributed by atoms with Crippen molar-refractivity contribution >= 4 is 11.4 Å². The van der Waals surface area contributed by atoms with Crippen LogP contribution in [-0.4, -0.2) is 5.78 Å². The minimum absolute atomic E-state index is 0.105. The van der Waals surface area contributed by atoms with Gasteiger partial charge in [-0.2, -0.15) is 0 Å². The van der Waals surface area contributed by atoms with Crippen LogP contribution in [0, 0.1) is 5.92 Å². The van der Waals surface area contributed by atoms with E-state index in [4.69, 9.17) is 0 Å². The maximum atomic E-state index is 13.2. The van der Waals surface area contributed by atoms with Crippen LogP contribution in [-0.2, 0) is 6.42 Å². The molecule has 1 nitrogen and oxygen atoms in total. The second-order valence-electron chi connectivity index (χ2n) is 7.25. The normalized spacial score (nSPS) is 15.8. The van der Waals surface area contributed by atoms with E-state index in [1.54, 1.807) is 0 Å². The van der Waals surface area contributed by atoms with Crippen LogP contribution in [0.1, 0.15) is 45.5 Å². The highest BCUT2D eigenvalue weighted by atomic mass is 16.1. The smallest absolute Gasteiger partial charge is 0.193 e. The van der Waals surface area contributed by atoms with Crippen LogP contribution in [0.25, 0.3) is 5.57 Å². The van der Waals surface area contributed by atoms with Crippen LogP contribution in [0.15, 0.2) is 84.4 Å². The lowest BCUT2D eigenvalue weighted by atomic mass is 9.89. The number of carbonyl (C=O) groups excluding carboxylic acids is 1. The number of fused-ring (bicyclic) bond motifs is 1. The molecule has 3 aromatic rings. The number of benzene rings is 3. The molecule has 26 heavy (non-hydrogen) atoms. The van der Waals surface area contributed by atoms with E-state index in [2.05, 4.69) is 36.4 Å². The van der Waals surface area contributed by atoms with Gasteiger partial charge in [0.05, 0.1) is 0 Å². The van der Waals surface area contributed by atoms with Crippen LogP contribution in [0.5, 0.6) is 0 Å². The van der Waals surface area contributed by atoms with Gasteiger partial charge in [-0.25, -0.2) is 0 Å². The summed E-state index contributed by atoms with van der Waals surface area (Å²) in [6.07, 6.45) is 3.59. The van der Waals surface area contributed by atoms with E-state index in [1.807, 2.05) is 42.5 Å². The first-order chi connectivity index (χ1) is 12.8. The third kappa shape index (κ3) is 2.52. The summed E-state index contributed by atoms with van der Waals surface area (Å²) in [5, 5.41) is 0.